The molecule has 7 heteroatoms. The number of likely N-dealkylation sites (N-methyl/N-ethyl adjacent to an activating group) is 1. The van der Waals surface area contributed by atoms with Crippen molar-refractivity contribution in [2.24, 2.45) is 0 Å². The molecule has 20 heavy (non-hydrogen) atoms. The van der Waals surface area contributed by atoms with Gasteiger partial charge in [-0.15, -0.1) is 9.78 Å². The second-order valence-electron chi connectivity index (χ2n) is 5.08. The lowest BCUT2D eigenvalue weighted by Crippen LogP contribution is -2.41. The number of pyridine rings is 1. The Morgan fingerprint density at radius 3 is 3.10 bits per heavy atom. The third-order valence-electron chi connectivity index (χ3n) is 3.71. The molecule has 0 bridgehead atoms. The third-order valence-corrected chi connectivity index (χ3v) is 3.71. The van der Waals surface area contributed by atoms with Crippen LogP contribution in [0.15, 0.2) is 29.2 Å². The zero-order valence-electron chi connectivity index (χ0n) is 11.3. The first kappa shape index (κ1) is 13.0. The van der Waals surface area contributed by atoms with Crippen LogP contribution in [0.3, 0.4) is 0 Å². The summed E-state index contributed by atoms with van der Waals surface area (Å²) < 4.78 is 2.32. The van der Waals surface area contributed by atoms with Gasteiger partial charge in [0, 0.05) is 18.8 Å². The first-order valence-corrected chi connectivity index (χ1v) is 6.67. The molecule has 106 valence electrons. The molecule has 1 unspecified atom stereocenters. The normalized spacial score (nSPS) is 19.0. The molecule has 0 aromatic carbocycles. The van der Waals surface area contributed by atoms with Crippen LogP contribution in [0.1, 0.15) is 11.2 Å². The monoisotopic (exact) mass is 275 g/mol. The van der Waals surface area contributed by atoms with E-state index in [2.05, 4.69) is 10.4 Å². The Morgan fingerprint density at radius 2 is 2.40 bits per heavy atom. The molecule has 1 saturated heterocycles. The fourth-order valence-corrected chi connectivity index (χ4v) is 2.51. The van der Waals surface area contributed by atoms with E-state index in [-0.39, 0.29) is 12.5 Å². The van der Waals surface area contributed by atoms with Crippen LogP contribution < -0.4 is 11.0 Å². The Hall–Kier alpha value is -1.99. The topological polar surface area (TPSA) is 71.6 Å². The summed E-state index contributed by atoms with van der Waals surface area (Å²) in [6.45, 7) is 2.04. The van der Waals surface area contributed by atoms with Crippen molar-refractivity contribution in [2.45, 2.75) is 12.5 Å². The molecule has 2 aromatic heterocycles. The summed E-state index contributed by atoms with van der Waals surface area (Å²) in [5.74, 6) is -0.298. The molecule has 1 aliphatic rings. The number of fused-ring (bicyclic) bond motifs is 1. The number of aromatic nitrogens is 3. The largest absolute Gasteiger partial charge is 0.357 e. The Morgan fingerprint density at radius 1 is 1.55 bits per heavy atom. The summed E-state index contributed by atoms with van der Waals surface area (Å²) >= 11 is 0. The molecule has 3 rings (SSSR count). The summed E-state index contributed by atoms with van der Waals surface area (Å²) in [5.41, 5.74) is 0.0691. The van der Waals surface area contributed by atoms with Crippen molar-refractivity contribution in [2.75, 3.05) is 26.7 Å². The van der Waals surface area contributed by atoms with Gasteiger partial charge in [-0.1, -0.05) is 6.07 Å². The minimum Gasteiger partial charge on any atom is -0.315 e. The molecule has 0 radical (unpaired) electrons. The van der Waals surface area contributed by atoms with Gasteiger partial charge < -0.3 is 5.32 Å². The van der Waals surface area contributed by atoms with Gasteiger partial charge in [0.15, 0.2) is 5.65 Å². The maximum atomic E-state index is 12.2. The molecule has 1 aliphatic heterocycles. The van der Waals surface area contributed by atoms with Gasteiger partial charge in [0.25, 0.3) is 5.91 Å². The molecule has 0 spiro atoms. The molecule has 1 fully saturated rings. The highest BCUT2D eigenvalue weighted by Gasteiger charge is 2.23. The van der Waals surface area contributed by atoms with Crippen LogP contribution in [0.4, 0.5) is 0 Å². The van der Waals surface area contributed by atoms with E-state index in [1.807, 2.05) is 11.9 Å². The Balaban J connectivity index is 1.81. The summed E-state index contributed by atoms with van der Waals surface area (Å²) in [4.78, 5) is 26.3. The molecular formula is C13H17N5O2. The van der Waals surface area contributed by atoms with E-state index in [0.29, 0.717) is 11.7 Å². The van der Waals surface area contributed by atoms with E-state index in [1.165, 1.54) is 4.40 Å². The van der Waals surface area contributed by atoms with Crippen molar-refractivity contribution in [1.82, 2.24) is 24.4 Å². The van der Waals surface area contributed by atoms with Gasteiger partial charge in [-0.3, -0.25) is 9.69 Å². The maximum absolute atomic E-state index is 12.2. The highest BCUT2D eigenvalue weighted by atomic mass is 16.2. The fourth-order valence-electron chi connectivity index (χ4n) is 2.51. The van der Waals surface area contributed by atoms with Crippen molar-refractivity contribution >= 4 is 11.6 Å². The van der Waals surface area contributed by atoms with E-state index >= 15 is 0 Å². The van der Waals surface area contributed by atoms with Crippen molar-refractivity contribution in [3.63, 3.8) is 0 Å². The third kappa shape index (κ3) is 2.25. The van der Waals surface area contributed by atoms with Crippen LogP contribution in [0.25, 0.3) is 5.65 Å². The number of carbonyl (C=O) groups excluding carboxylic acids is 1. The molecule has 2 aromatic rings. The number of carbonyl (C=O) groups is 1. The Bertz CT molecular complexity index is 683. The average molecular weight is 275 g/mol. The molecule has 1 atom stereocenters. The van der Waals surface area contributed by atoms with E-state index in [4.69, 9.17) is 0 Å². The van der Waals surface area contributed by atoms with Crippen LogP contribution in [0.5, 0.6) is 0 Å². The van der Waals surface area contributed by atoms with Gasteiger partial charge in [-0.05, 0) is 32.1 Å². The van der Waals surface area contributed by atoms with Crippen molar-refractivity contribution in [3.05, 3.63) is 34.9 Å². The Kier molecular flexibility index (Phi) is 3.37. The predicted molar refractivity (Wildman–Crippen MR) is 74.0 cm³/mol. The molecular weight excluding hydrogens is 258 g/mol. The first-order chi connectivity index (χ1) is 9.66. The van der Waals surface area contributed by atoms with E-state index in [0.717, 1.165) is 24.2 Å². The van der Waals surface area contributed by atoms with Gasteiger partial charge in [-0.2, -0.15) is 0 Å². The predicted octanol–water partition coefficient (Wildman–Crippen LogP) is -0.570. The summed E-state index contributed by atoms with van der Waals surface area (Å²) in [7, 11) is 1.90. The zero-order valence-corrected chi connectivity index (χ0v) is 11.3. The SMILES string of the molecule is CN(CC(=O)n1nc2ccccn2c1=O)C1CCNC1. The summed E-state index contributed by atoms with van der Waals surface area (Å²) in [6.07, 6.45) is 2.63. The van der Waals surface area contributed by atoms with Crippen LogP contribution in [-0.2, 0) is 0 Å². The van der Waals surface area contributed by atoms with Gasteiger partial charge in [-0.25, -0.2) is 9.20 Å². The lowest BCUT2D eigenvalue weighted by molar-refractivity contribution is 0.0821. The van der Waals surface area contributed by atoms with Crippen molar-refractivity contribution < 1.29 is 4.79 Å². The van der Waals surface area contributed by atoms with Crippen LogP contribution >= 0.6 is 0 Å². The van der Waals surface area contributed by atoms with Gasteiger partial charge in [0.2, 0.25) is 0 Å². The van der Waals surface area contributed by atoms with E-state index in [9.17, 15) is 9.59 Å². The number of hydrogen-bond donors (Lipinski definition) is 1. The lowest BCUT2D eigenvalue weighted by Gasteiger charge is -2.21. The van der Waals surface area contributed by atoms with Crippen LogP contribution in [0, 0.1) is 0 Å². The minimum absolute atomic E-state index is 0.191. The van der Waals surface area contributed by atoms with Crippen molar-refractivity contribution in [1.29, 1.82) is 0 Å². The maximum Gasteiger partial charge on any atom is 0.357 e. The second kappa shape index (κ2) is 5.18. The summed E-state index contributed by atoms with van der Waals surface area (Å²) in [5, 5.41) is 7.33. The fraction of sp³-hybridized carbons (Fsp3) is 0.462. The number of nitrogens with zero attached hydrogens (tertiary/aromatic N) is 4. The second-order valence-corrected chi connectivity index (χ2v) is 5.08. The first-order valence-electron chi connectivity index (χ1n) is 6.67. The van der Waals surface area contributed by atoms with E-state index in [1.54, 1.807) is 24.4 Å². The number of rotatable bonds is 3. The van der Waals surface area contributed by atoms with Gasteiger partial charge in [0.05, 0.1) is 6.54 Å². The average Bonchev–Trinajstić information content (AvgIpc) is 3.07. The van der Waals surface area contributed by atoms with Crippen molar-refractivity contribution in [3.8, 4) is 0 Å². The van der Waals surface area contributed by atoms with Crippen LogP contribution in [0.2, 0.25) is 0 Å². The quantitative estimate of drug-likeness (QED) is 0.812. The van der Waals surface area contributed by atoms with Gasteiger partial charge >= 0.3 is 5.69 Å². The summed E-state index contributed by atoms with van der Waals surface area (Å²) in [6, 6.07) is 5.57. The highest BCUT2D eigenvalue weighted by Crippen LogP contribution is 2.05. The zero-order chi connectivity index (χ0) is 14.1. The molecule has 0 amide bonds. The minimum atomic E-state index is -0.413. The van der Waals surface area contributed by atoms with Crippen LogP contribution in [-0.4, -0.2) is 57.7 Å². The number of nitrogens with one attached hydrogen (secondary N) is 1. The smallest absolute Gasteiger partial charge is 0.315 e. The van der Waals surface area contributed by atoms with Gasteiger partial charge in [0.1, 0.15) is 0 Å². The molecule has 1 N–H and O–H groups in total. The Labute approximate surface area is 115 Å². The molecule has 3 heterocycles. The highest BCUT2D eigenvalue weighted by molar-refractivity contribution is 5.80. The lowest BCUT2D eigenvalue weighted by atomic mass is 10.2. The van der Waals surface area contributed by atoms with E-state index < -0.39 is 5.69 Å². The molecule has 7 nitrogen and oxygen atoms in total. The number of hydrogen-bond acceptors (Lipinski definition) is 5. The standard InChI is InChI=1S/C13H17N5O2/c1-16(10-5-6-14-8-10)9-12(19)18-13(20)17-7-3-2-4-11(17)15-18/h2-4,7,10,14H,5-6,8-9H2,1H3. The molecule has 0 aliphatic carbocycles. The molecule has 0 saturated carbocycles.